The molecule has 1 nitrogen and oxygen atoms in total. The van der Waals surface area contributed by atoms with Gasteiger partial charge in [0.05, 0.1) is 0 Å². The van der Waals surface area contributed by atoms with Crippen LogP contribution in [0.3, 0.4) is 0 Å². The van der Waals surface area contributed by atoms with E-state index in [-0.39, 0.29) is 0 Å². The predicted octanol–water partition coefficient (Wildman–Crippen LogP) is 3.24. The molecule has 0 saturated heterocycles. The Morgan fingerprint density at radius 2 is 1.80 bits per heavy atom. The molecule has 0 fully saturated rings. The van der Waals surface area contributed by atoms with E-state index in [0.717, 1.165) is 5.56 Å². The summed E-state index contributed by atoms with van der Waals surface area (Å²) in [6.45, 7) is 0. The number of rotatable bonds is 2. The molecule has 0 aromatic heterocycles. The van der Waals surface area contributed by atoms with Crippen LogP contribution in [0, 0.1) is 0 Å². The molecule has 0 saturated carbocycles. The van der Waals surface area contributed by atoms with Crippen LogP contribution in [-0.4, -0.2) is 5.94 Å². The Bertz CT molecular complexity index is 546. The van der Waals surface area contributed by atoms with Crippen molar-refractivity contribution in [3.8, 4) is 0 Å². The number of carbonyl (C=O) groups excluding carboxylic acids is 1. The van der Waals surface area contributed by atoms with Gasteiger partial charge in [0.2, 0.25) is 0 Å². The van der Waals surface area contributed by atoms with E-state index in [1.54, 1.807) is 12.0 Å². The second-order valence-electron chi connectivity index (χ2n) is 3.25. The standard InChI is InChI=1S/C14H10O/c15-10-4-3-5-12-8-9-13-6-1-2-7-14(13)11-12/h1-9,11H/b5-3+. The Morgan fingerprint density at radius 3 is 2.60 bits per heavy atom. The highest BCUT2D eigenvalue weighted by atomic mass is 16.1. The van der Waals surface area contributed by atoms with Gasteiger partial charge in [-0.3, -0.25) is 0 Å². The topological polar surface area (TPSA) is 17.1 Å². The Morgan fingerprint density at radius 1 is 1.00 bits per heavy atom. The zero-order chi connectivity index (χ0) is 10.5. The maximum Gasteiger partial charge on any atom is 0.124 e. The lowest BCUT2D eigenvalue weighted by atomic mass is 10.1. The summed E-state index contributed by atoms with van der Waals surface area (Å²) in [7, 11) is 0. The highest BCUT2D eigenvalue weighted by Crippen LogP contribution is 2.16. The van der Waals surface area contributed by atoms with Crippen molar-refractivity contribution in [3.63, 3.8) is 0 Å². The zero-order valence-electron chi connectivity index (χ0n) is 8.18. The first kappa shape index (κ1) is 9.45. The second-order valence-corrected chi connectivity index (χ2v) is 3.25. The van der Waals surface area contributed by atoms with Gasteiger partial charge in [0.1, 0.15) is 5.94 Å². The van der Waals surface area contributed by atoms with Crippen LogP contribution in [0.15, 0.2) is 54.6 Å². The minimum Gasteiger partial charge on any atom is -0.234 e. The molecule has 2 aromatic carbocycles. The SMILES string of the molecule is O=C=C/C=C/c1ccc2ccccc2c1. The molecule has 0 N–H and O–H groups in total. The first-order chi connectivity index (χ1) is 7.40. The van der Waals surface area contributed by atoms with Crippen LogP contribution in [0.25, 0.3) is 16.8 Å². The Hall–Kier alpha value is -2.11. The molecule has 72 valence electrons. The fraction of sp³-hybridized carbons (Fsp3) is 0. The fourth-order valence-corrected chi connectivity index (χ4v) is 1.51. The van der Waals surface area contributed by atoms with Crippen LogP contribution in [0.5, 0.6) is 0 Å². The lowest BCUT2D eigenvalue weighted by Crippen LogP contribution is -1.74. The molecule has 1 heteroatoms. The van der Waals surface area contributed by atoms with E-state index in [2.05, 4.69) is 24.3 Å². The third-order valence-corrected chi connectivity index (χ3v) is 2.23. The minimum absolute atomic E-state index is 1.08. The molecule has 0 aliphatic heterocycles. The Kier molecular flexibility index (Phi) is 2.77. The summed E-state index contributed by atoms with van der Waals surface area (Å²) < 4.78 is 0. The van der Waals surface area contributed by atoms with Crippen molar-refractivity contribution in [2.45, 2.75) is 0 Å². The van der Waals surface area contributed by atoms with Gasteiger partial charge in [0, 0.05) is 6.08 Å². The van der Waals surface area contributed by atoms with E-state index in [9.17, 15) is 4.79 Å². The highest BCUT2D eigenvalue weighted by molar-refractivity contribution is 5.84. The van der Waals surface area contributed by atoms with Gasteiger partial charge < -0.3 is 0 Å². The molecular weight excluding hydrogens is 184 g/mol. The van der Waals surface area contributed by atoms with Crippen LogP contribution >= 0.6 is 0 Å². The average Bonchev–Trinajstić information content (AvgIpc) is 2.29. The van der Waals surface area contributed by atoms with E-state index < -0.39 is 0 Å². The van der Waals surface area contributed by atoms with Gasteiger partial charge in [0.25, 0.3) is 0 Å². The van der Waals surface area contributed by atoms with Crippen LogP contribution in [0.2, 0.25) is 0 Å². The van der Waals surface area contributed by atoms with Gasteiger partial charge in [0.15, 0.2) is 0 Å². The van der Waals surface area contributed by atoms with Crippen molar-refractivity contribution in [1.82, 2.24) is 0 Å². The monoisotopic (exact) mass is 194 g/mol. The molecule has 0 radical (unpaired) electrons. The molecule has 0 spiro atoms. The fourth-order valence-electron chi connectivity index (χ4n) is 1.51. The summed E-state index contributed by atoms with van der Waals surface area (Å²) in [5.41, 5.74) is 1.08. The number of hydrogen-bond acceptors (Lipinski definition) is 1. The van der Waals surface area contributed by atoms with Gasteiger partial charge in [-0.1, -0.05) is 48.6 Å². The summed E-state index contributed by atoms with van der Waals surface area (Å²) in [5.74, 6) is 1.71. The van der Waals surface area contributed by atoms with Crippen LogP contribution in [0.1, 0.15) is 5.56 Å². The Balaban J connectivity index is 2.42. The molecule has 0 heterocycles. The number of fused-ring (bicyclic) bond motifs is 1. The highest BCUT2D eigenvalue weighted by Gasteiger charge is 1.91. The summed E-state index contributed by atoms with van der Waals surface area (Å²) >= 11 is 0. The quantitative estimate of drug-likeness (QED) is 0.529. The first-order valence-electron chi connectivity index (χ1n) is 4.76. The number of hydrogen-bond donors (Lipinski definition) is 0. The molecule has 15 heavy (non-hydrogen) atoms. The summed E-state index contributed by atoms with van der Waals surface area (Å²) in [4.78, 5) is 9.98. The van der Waals surface area contributed by atoms with Gasteiger partial charge in [-0.05, 0) is 22.4 Å². The van der Waals surface area contributed by atoms with Crippen LogP contribution < -0.4 is 0 Å². The number of benzene rings is 2. The smallest absolute Gasteiger partial charge is 0.124 e. The molecule has 0 unspecified atom stereocenters. The molecule has 0 atom stereocenters. The summed E-state index contributed by atoms with van der Waals surface area (Å²) in [6.07, 6.45) is 4.93. The van der Waals surface area contributed by atoms with Crippen molar-refractivity contribution in [1.29, 1.82) is 0 Å². The van der Waals surface area contributed by atoms with Crippen molar-refractivity contribution >= 4 is 22.8 Å². The molecular formula is C14H10O. The van der Waals surface area contributed by atoms with Crippen molar-refractivity contribution in [2.75, 3.05) is 0 Å². The maximum absolute atomic E-state index is 9.98. The average molecular weight is 194 g/mol. The minimum atomic E-state index is 1.08. The normalized spacial score (nSPS) is 10.4. The predicted molar refractivity (Wildman–Crippen MR) is 63.2 cm³/mol. The van der Waals surface area contributed by atoms with Crippen molar-refractivity contribution in [3.05, 3.63) is 60.2 Å². The van der Waals surface area contributed by atoms with E-state index >= 15 is 0 Å². The van der Waals surface area contributed by atoms with E-state index in [1.165, 1.54) is 16.8 Å². The van der Waals surface area contributed by atoms with Crippen molar-refractivity contribution in [2.24, 2.45) is 0 Å². The van der Waals surface area contributed by atoms with Gasteiger partial charge in [-0.15, -0.1) is 0 Å². The van der Waals surface area contributed by atoms with E-state index in [1.807, 2.05) is 24.3 Å². The summed E-state index contributed by atoms with van der Waals surface area (Å²) in [5, 5.41) is 2.43. The van der Waals surface area contributed by atoms with Gasteiger partial charge >= 0.3 is 0 Å². The van der Waals surface area contributed by atoms with Crippen molar-refractivity contribution < 1.29 is 4.79 Å². The van der Waals surface area contributed by atoms with Gasteiger partial charge in [-0.2, -0.15) is 0 Å². The molecule has 0 bridgehead atoms. The second kappa shape index (κ2) is 4.41. The van der Waals surface area contributed by atoms with E-state index in [4.69, 9.17) is 0 Å². The van der Waals surface area contributed by atoms with Crippen LogP contribution in [-0.2, 0) is 4.79 Å². The molecule has 2 rings (SSSR count). The van der Waals surface area contributed by atoms with Crippen LogP contribution in [0.4, 0.5) is 0 Å². The molecule has 2 aromatic rings. The largest absolute Gasteiger partial charge is 0.234 e. The first-order valence-corrected chi connectivity index (χ1v) is 4.76. The zero-order valence-corrected chi connectivity index (χ0v) is 8.18. The third kappa shape index (κ3) is 2.22. The molecule has 0 aliphatic rings. The Labute approximate surface area is 88.4 Å². The lowest BCUT2D eigenvalue weighted by molar-refractivity contribution is 0.569. The molecule has 0 aliphatic carbocycles. The number of allylic oxidation sites excluding steroid dienone is 2. The summed E-state index contributed by atoms with van der Waals surface area (Å²) in [6, 6.07) is 14.4. The third-order valence-electron chi connectivity index (χ3n) is 2.23. The molecule has 0 amide bonds. The maximum atomic E-state index is 9.98. The van der Waals surface area contributed by atoms with E-state index in [0.29, 0.717) is 0 Å². The van der Waals surface area contributed by atoms with Gasteiger partial charge in [-0.25, -0.2) is 4.79 Å². The lowest BCUT2D eigenvalue weighted by Gasteiger charge is -1.98.